The van der Waals surface area contributed by atoms with E-state index in [-0.39, 0.29) is 6.23 Å². The van der Waals surface area contributed by atoms with Crippen molar-refractivity contribution in [2.24, 2.45) is 0 Å². The highest BCUT2D eigenvalue weighted by Gasteiger charge is 2.30. The van der Waals surface area contributed by atoms with Crippen molar-refractivity contribution in [1.82, 2.24) is 15.0 Å². The van der Waals surface area contributed by atoms with Gasteiger partial charge in [0.05, 0.1) is 26.5 Å². The number of rotatable bonds is 5. The molecule has 0 N–H and O–H groups in total. The Labute approximate surface area is 156 Å². The van der Waals surface area contributed by atoms with Crippen molar-refractivity contribution >= 4 is 17.3 Å². The SMILES string of the molecule is COc1cccc(N2CCO[C@@H]2c2cn(Cc3ccccc3Cl)nn2)c1. The summed E-state index contributed by atoms with van der Waals surface area (Å²) < 4.78 is 13.0. The number of hydrogen-bond donors (Lipinski definition) is 0. The Balaban J connectivity index is 1.55. The number of ether oxygens (including phenoxy) is 2. The minimum absolute atomic E-state index is 0.262. The Bertz CT molecular complexity index is 899. The standard InChI is InChI=1S/C19H19ClN4O2/c1-25-16-7-4-6-15(11-16)24-9-10-26-19(24)18-13-23(22-21-18)12-14-5-2-3-8-17(14)20/h2-8,11,13,19H,9-10,12H2,1H3/t19-/m1/s1. The van der Waals surface area contributed by atoms with E-state index in [9.17, 15) is 0 Å². The van der Waals surface area contributed by atoms with E-state index in [1.165, 1.54) is 0 Å². The van der Waals surface area contributed by atoms with Gasteiger partial charge in [-0.25, -0.2) is 4.68 Å². The zero-order chi connectivity index (χ0) is 17.9. The highest BCUT2D eigenvalue weighted by Crippen LogP contribution is 2.32. The summed E-state index contributed by atoms with van der Waals surface area (Å²) in [6.45, 7) is 1.99. The first-order valence-electron chi connectivity index (χ1n) is 8.40. The summed E-state index contributed by atoms with van der Waals surface area (Å²) in [5, 5.41) is 9.27. The zero-order valence-electron chi connectivity index (χ0n) is 14.4. The molecule has 0 aliphatic carbocycles. The van der Waals surface area contributed by atoms with E-state index < -0.39 is 0 Å². The molecule has 134 valence electrons. The topological polar surface area (TPSA) is 52.4 Å². The van der Waals surface area contributed by atoms with E-state index in [0.29, 0.717) is 13.2 Å². The van der Waals surface area contributed by atoms with Gasteiger partial charge in [-0.15, -0.1) is 5.10 Å². The van der Waals surface area contributed by atoms with Crippen LogP contribution in [0.1, 0.15) is 17.5 Å². The average molecular weight is 371 g/mol. The van der Waals surface area contributed by atoms with E-state index in [2.05, 4.69) is 15.2 Å². The Morgan fingerprint density at radius 2 is 2.12 bits per heavy atom. The summed E-state index contributed by atoms with van der Waals surface area (Å²) in [5.74, 6) is 0.815. The molecule has 7 heteroatoms. The fourth-order valence-electron chi connectivity index (χ4n) is 3.07. The molecule has 26 heavy (non-hydrogen) atoms. The van der Waals surface area contributed by atoms with Gasteiger partial charge in [-0.1, -0.05) is 41.1 Å². The summed E-state index contributed by atoms with van der Waals surface area (Å²) in [6, 6.07) is 15.7. The highest BCUT2D eigenvalue weighted by molar-refractivity contribution is 6.31. The van der Waals surface area contributed by atoms with Crippen LogP contribution in [0.25, 0.3) is 0 Å². The molecule has 1 fully saturated rings. The maximum Gasteiger partial charge on any atom is 0.177 e. The Morgan fingerprint density at radius 3 is 2.96 bits per heavy atom. The third-order valence-electron chi connectivity index (χ3n) is 4.38. The molecule has 3 aromatic rings. The smallest absolute Gasteiger partial charge is 0.177 e. The third kappa shape index (κ3) is 3.38. The van der Waals surface area contributed by atoms with E-state index >= 15 is 0 Å². The highest BCUT2D eigenvalue weighted by atomic mass is 35.5. The van der Waals surface area contributed by atoms with Gasteiger partial charge in [0.1, 0.15) is 11.4 Å². The predicted octanol–water partition coefficient (Wildman–Crippen LogP) is 3.52. The van der Waals surface area contributed by atoms with Crippen molar-refractivity contribution in [1.29, 1.82) is 0 Å². The maximum absolute atomic E-state index is 6.23. The second-order valence-corrected chi connectivity index (χ2v) is 6.46. The zero-order valence-corrected chi connectivity index (χ0v) is 15.1. The van der Waals surface area contributed by atoms with E-state index in [4.69, 9.17) is 21.1 Å². The molecule has 0 radical (unpaired) electrons. The number of benzene rings is 2. The number of methoxy groups -OCH3 is 1. The molecule has 2 heterocycles. The number of nitrogens with zero attached hydrogens (tertiary/aromatic N) is 4. The molecule has 0 unspecified atom stereocenters. The molecular formula is C19H19ClN4O2. The molecule has 0 bridgehead atoms. The number of halogens is 1. The van der Waals surface area contributed by atoms with Gasteiger partial charge in [0, 0.05) is 23.3 Å². The van der Waals surface area contributed by atoms with Crippen LogP contribution in [0.2, 0.25) is 5.02 Å². The normalized spacial score (nSPS) is 16.8. The number of hydrogen-bond acceptors (Lipinski definition) is 5. The Kier molecular flexibility index (Phi) is 4.77. The lowest BCUT2D eigenvalue weighted by molar-refractivity contribution is 0.110. The van der Waals surface area contributed by atoms with Crippen LogP contribution in [-0.2, 0) is 11.3 Å². The van der Waals surface area contributed by atoms with Crippen LogP contribution in [-0.4, -0.2) is 35.3 Å². The first-order chi connectivity index (χ1) is 12.7. The molecule has 0 saturated carbocycles. The third-order valence-corrected chi connectivity index (χ3v) is 4.74. The lowest BCUT2D eigenvalue weighted by Gasteiger charge is -2.23. The first-order valence-corrected chi connectivity index (χ1v) is 8.78. The molecule has 1 aromatic heterocycles. The van der Waals surface area contributed by atoms with E-state index in [0.717, 1.165) is 34.3 Å². The summed E-state index contributed by atoms with van der Waals surface area (Å²) in [7, 11) is 1.66. The molecule has 4 rings (SSSR count). The second-order valence-electron chi connectivity index (χ2n) is 6.05. The van der Waals surface area contributed by atoms with Crippen LogP contribution in [0.5, 0.6) is 5.75 Å². The number of aromatic nitrogens is 3. The first kappa shape index (κ1) is 16.9. The molecule has 2 aromatic carbocycles. The van der Waals surface area contributed by atoms with Crippen LogP contribution >= 0.6 is 11.6 Å². The summed E-state index contributed by atoms with van der Waals surface area (Å²) >= 11 is 6.23. The van der Waals surface area contributed by atoms with Crippen molar-refractivity contribution in [2.75, 3.05) is 25.2 Å². The fourth-order valence-corrected chi connectivity index (χ4v) is 3.27. The molecule has 1 saturated heterocycles. The lowest BCUT2D eigenvalue weighted by Crippen LogP contribution is -2.23. The number of anilines is 1. The van der Waals surface area contributed by atoms with Crippen LogP contribution in [0.3, 0.4) is 0 Å². The van der Waals surface area contributed by atoms with Crippen LogP contribution < -0.4 is 9.64 Å². The van der Waals surface area contributed by atoms with Crippen molar-refractivity contribution in [3.8, 4) is 5.75 Å². The molecule has 1 aliphatic heterocycles. The summed E-state index contributed by atoms with van der Waals surface area (Å²) in [6.07, 6.45) is 1.65. The van der Waals surface area contributed by atoms with E-state index in [1.807, 2.05) is 54.7 Å². The molecule has 6 nitrogen and oxygen atoms in total. The van der Waals surface area contributed by atoms with Gasteiger partial charge < -0.3 is 14.4 Å². The molecule has 1 atom stereocenters. The fraction of sp³-hybridized carbons (Fsp3) is 0.263. The molecular weight excluding hydrogens is 352 g/mol. The van der Waals surface area contributed by atoms with Gasteiger partial charge in [0.2, 0.25) is 0 Å². The maximum atomic E-state index is 6.23. The summed E-state index contributed by atoms with van der Waals surface area (Å²) in [4.78, 5) is 2.16. The molecule has 1 aliphatic rings. The minimum atomic E-state index is -0.262. The minimum Gasteiger partial charge on any atom is -0.497 e. The van der Waals surface area contributed by atoms with Gasteiger partial charge in [0.25, 0.3) is 0 Å². The monoisotopic (exact) mass is 370 g/mol. The quantitative estimate of drug-likeness (QED) is 0.687. The van der Waals surface area contributed by atoms with Gasteiger partial charge in [-0.05, 0) is 23.8 Å². The van der Waals surface area contributed by atoms with Crippen molar-refractivity contribution in [3.05, 3.63) is 71.0 Å². The molecule has 0 spiro atoms. The summed E-state index contributed by atoms with van der Waals surface area (Å²) in [5.41, 5.74) is 2.81. The van der Waals surface area contributed by atoms with Gasteiger partial charge in [-0.2, -0.15) is 0 Å². The Morgan fingerprint density at radius 1 is 1.23 bits per heavy atom. The lowest BCUT2D eigenvalue weighted by atomic mass is 10.2. The van der Waals surface area contributed by atoms with Crippen LogP contribution in [0, 0.1) is 0 Å². The van der Waals surface area contributed by atoms with Crippen molar-refractivity contribution in [2.45, 2.75) is 12.8 Å². The average Bonchev–Trinajstić information content (AvgIpc) is 3.33. The largest absolute Gasteiger partial charge is 0.497 e. The van der Waals surface area contributed by atoms with Crippen LogP contribution in [0.15, 0.2) is 54.7 Å². The second kappa shape index (κ2) is 7.35. The Hall–Kier alpha value is -2.57. The van der Waals surface area contributed by atoms with E-state index in [1.54, 1.807) is 11.8 Å². The predicted molar refractivity (Wildman–Crippen MR) is 99.6 cm³/mol. The van der Waals surface area contributed by atoms with Crippen molar-refractivity contribution in [3.63, 3.8) is 0 Å². The van der Waals surface area contributed by atoms with Crippen LogP contribution in [0.4, 0.5) is 5.69 Å². The van der Waals surface area contributed by atoms with Gasteiger partial charge in [-0.3, -0.25) is 0 Å². The van der Waals surface area contributed by atoms with Gasteiger partial charge in [0.15, 0.2) is 6.23 Å². The molecule has 0 amide bonds. The van der Waals surface area contributed by atoms with Gasteiger partial charge >= 0.3 is 0 Å². The van der Waals surface area contributed by atoms with Crippen molar-refractivity contribution < 1.29 is 9.47 Å².